The number of aromatic amines is 1. The zero-order valence-electron chi connectivity index (χ0n) is 13.9. The second kappa shape index (κ2) is 7.73. The Bertz CT molecular complexity index is 970. The second-order valence-electron chi connectivity index (χ2n) is 5.44. The molecule has 0 atom stereocenters. The summed E-state index contributed by atoms with van der Waals surface area (Å²) >= 11 is 0. The molecular formula is C19H17ClN3O2-. The molecule has 2 aromatic carbocycles. The topological polar surface area (TPSA) is 81.9 Å². The van der Waals surface area contributed by atoms with Crippen LogP contribution >= 0.6 is 0 Å². The highest BCUT2D eigenvalue weighted by atomic mass is 35.5. The number of allylic oxidation sites excluding steroid dienone is 1. The summed E-state index contributed by atoms with van der Waals surface area (Å²) in [7, 11) is 0. The lowest BCUT2D eigenvalue weighted by atomic mass is 10.1. The molecule has 0 amide bonds. The van der Waals surface area contributed by atoms with Gasteiger partial charge in [0.2, 0.25) is 0 Å². The van der Waals surface area contributed by atoms with Crippen molar-refractivity contribution in [2.75, 3.05) is 6.61 Å². The quantitative estimate of drug-likeness (QED) is 0.686. The van der Waals surface area contributed by atoms with Crippen molar-refractivity contribution in [3.05, 3.63) is 53.3 Å². The Hall–Kier alpha value is -2.97. The minimum atomic E-state index is 0. The smallest absolute Gasteiger partial charge is 0.161 e. The normalized spacial score (nSPS) is 11.0. The highest BCUT2D eigenvalue weighted by molar-refractivity contribution is 5.90. The number of aromatic nitrogens is 2. The number of nitrogens with zero attached hydrogens (tertiary/aromatic N) is 2. The van der Waals surface area contributed by atoms with E-state index in [4.69, 9.17) is 4.74 Å². The molecule has 1 heterocycles. The predicted molar refractivity (Wildman–Crippen MR) is 93.6 cm³/mol. The van der Waals surface area contributed by atoms with Gasteiger partial charge in [-0.2, -0.15) is 5.26 Å². The van der Waals surface area contributed by atoms with E-state index in [1.54, 1.807) is 24.3 Å². The third-order valence-electron chi connectivity index (χ3n) is 3.61. The first-order valence-corrected chi connectivity index (χ1v) is 7.65. The molecular weight excluding hydrogens is 338 g/mol. The van der Waals surface area contributed by atoms with Crippen molar-refractivity contribution in [2.24, 2.45) is 0 Å². The van der Waals surface area contributed by atoms with E-state index in [1.807, 2.05) is 32.0 Å². The maximum Gasteiger partial charge on any atom is 0.161 e. The van der Waals surface area contributed by atoms with Crippen LogP contribution in [0.3, 0.4) is 0 Å². The highest BCUT2D eigenvalue weighted by Crippen LogP contribution is 2.28. The van der Waals surface area contributed by atoms with E-state index in [2.05, 4.69) is 16.0 Å². The number of aryl methyl sites for hydroxylation is 1. The van der Waals surface area contributed by atoms with Crippen LogP contribution in [-0.2, 0) is 0 Å². The van der Waals surface area contributed by atoms with E-state index >= 15 is 0 Å². The average molecular weight is 355 g/mol. The molecule has 25 heavy (non-hydrogen) atoms. The van der Waals surface area contributed by atoms with Gasteiger partial charge in [-0.25, -0.2) is 4.98 Å². The Labute approximate surface area is 152 Å². The van der Waals surface area contributed by atoms with Gasteiger partial charge in [0, 0.05) is 0 Å². The number of ether oxygens (including phenoxy) is 1. The van der Waals surface area contributed by atoms with Crippen molar-refractivity contribution in [1.29, 1.82) is 5.26 Å². The van der Waals surface area contributed by atoms with Gasteiger partial charge in [-0.15, -0.1) is 0 Å². The van der Waals surface area contributed by atoms with Crippen LogP contribution in [0.1, 0.15) is 23.9 Å². The van der Waals surface area contributed by atoms with Crippen LogP contribution in [0.15, 0.2) is 36.4 Å². The number of phenols is 1. The first-order valence-electron chi connectivity index (χ1n) is 7.65. The van der Waals surface area contributed by atoms with Crippen LogP contribution < -0.4 is 17.1 Å². The number of hydrogen-bond acceptors (Lipinski definition) is 4. The Kier molecular flexibility index (Phi) is 5.68. The summed E-state index contributed by atoms with van der Waals surface area (Å²) < 4.78 is 5.37. The maximum atomic E-state index is 9.77. The summed E-state index contributed by atoms with van der Waals surface area (Å²) in [6.07, 6.45) is 1.71. The molecule has 0 radical (unpaired) electrons. The third kappa shape index (κ3) is 3.93. The summed E-state index contributed by atoms with van der Waals surface area (Å²) in [5, 5.41) is 19.3. The molecule has 3 aromatic rings. The fraction of sp³-hybridized carbons (Fsp3) is 0.158. The molecule has 0 bridgehead atoms. The maximum absolute atomic E-state index is 9.77. The molecule has 0 aliphatic carbocycles. The zero-order valence-corrected chi connectivity index (χ0v) is 14.6. The van der Waals surface area contributed by atoms with E-state index in [1.165, 1.54) is 0 Å². The van der Waals surface area contributed by atoms with E-state index in [0.717, 1.165) is 22.2 Å². The average Bonchev–Trinajstić information content (AvgIpc) is 2.98. The first kappa shape index (κ1) is 18.4. The number of aromatic hydroxyl groups is 1. The minimum absolute atomic E-state index is 0. The van der Waals surface area contributed by atoms with Crippen LogP contribution in [0.25, 0.3) is 22.7 Å². The van der Waals surface area contributed by atoms with Gasteiger partial charge in [0.1, 0.15) is 11.9 Å². The van der Waals surface area contributed by atoms with E-state index in [9.17, 15) is 10.4 Å². The van der Waals surface area contributed by atoms with Gasteiger partial charge in [0.15, 0.2) is 11.5 Å². The lowest BCUT2D eigenvalue weighted by molar-refractivity contribution is -0.00000658. The van der Waals surface area contributed by atoms with Crippen LogP contribution in [0.4, 0.5) is 0 Å². The van der Waals surface area contributed by atoms with Crippen LogP contribution in [0, 0.1) is 18.3 Å². The number of phenolic OH excluding ortho intramolecular Hbond substituents is 1. The van der Waals surface area contributed by atoms with Crippen molar-refractivity contribution >= 4 is 22.7 Å². The van der Waals surface area contributed by atoms with E-state index in [-0.39, 0.29) is 18.2 Å². The number of nitrogens with one attached hydrogen (secondary N) is 1. The standard InChI is InChI=1S/C19H17N3O2.ClH/c1-3-24-18-10-13(5-7-17(18)23)9-14(11-20)19-21-15-6-4-12(2)8-16(15)22-19;/h4-10,23H,3H2,1-2H3,(H,21,22);1H/p-1/b14-9+;. The number of imidazole rings is 1. The molecule has 0 saturated carbocycles. The van der Waals surface area contributed by atoms with Crippen molar-refractivity contribution in [3.63, 3.8) is 0 Å². The molecule has 5 nitrogen and oxygen atoms in total. The molecule has 0 aliphatic rings. The lowest BCUT2D eigenvalue weighted by Crippen LogP contribution is -3.00. The van der Waals surface area contributed by atoms with Gasteiger partial charge >= 0.3 is 0 Å². The summed E-state index contributed by atoms with van der Waals surface area (Å²) in [4.78, 5) is 7.65. The number of rotatable bonds is 4. The SMILES string of the molecule is CCOc1cc(/C=C(\C#N)c2nc3ccc(C)cc3[nH]2)ccc1O.[Cl-]. The molecule has 0 spiro atoms. The van der Waals surface area contributed by atoms with Gasteiger partial charge in [-0.05, 0) is 55.3 Å². The molecule has 0 aliphatic heterocycles. The monoisotopic (exact) mass is 354 g/mol. The number of hydrogen-bond donors (Lipinski definition) is 2. The zero-order chi connectivity index (χ0) is 17.1. The fourth-order valence-corrected chi connectivity index (χ4v) is 2.46. The van der Waals surface area contributed by atoms with Crippen molar-refractivity contribution in [2.45, 2.75) is 13.8 Å². The predicted octanol–water partition coefficient (Wildman–Crippen LogP) is 1.04. The highest BCUT2D eigenvalue weighted by Gasteiger charge is 2.09. The van der Waals surface area contributed by atoms with E-state index in [0.29, 0.717) is 23.8 Å². The molecule has 6 heteroatoms. The van der Waals surface area contributed by atoms with Gasteiger partial charge in [0.05, 0.1) is 23.2 Å². The fourth-order valence-electron chi connectivity index (χ4n) is 2.46. The lowest BCUT2D eigenvalue weighted by Gasteiger charge is -2.06. The molecule has 0 fully saturated rings. The van der Waals surface area contributed by atoms with Crippen molar-refractivity contribution in [3.8, 4) is 17.6 Å². The number of fused-ring (bicyclic) bond motifs is 1. The summed E-state index contributed by atoms with van der Waals surface area (Å²) in [5.74, 6) is 0.986. The van der Waals surface area contributed by atoms with Crippen LogP contribution in [0.5, 0.6) is 11.5 Å². The van der Waals surface area contributed by atoms with Crippen molar-refractivity contribution < 1.29 is 22.3 Å². The van der Waals surface area contributed by atoms with E-state index < -0.39 is 0 Å². The van der Waals surface area contributed by atoms with Gasteiger partial charge in [-0.1, -0.05) is 12.1 Å². The van der Waals surface area contributed by atoms with Crippen LogP contribution in [-0.4, -0.2) is 21.7 Å². The Morgan fingerprint density at radius 1 is 1.32 bits per heavy atom. The number of nitriles is 1. The Morgan fingerprint density at radius 3 is 2.84 bits per heavy atom. The van der Waals surface area contributed by atoms with Crippen molar-refractivity contribution in [1.82, 2.24) is 9.97 Å². The molecule has 128 valence electrons. The summed E-state index contributed by atoms with van der Waals surface area (Å²) in [6, 6.07) is 13.0. The largest absolute Gasteiger partial charge is 1.00 e. The van der Waals surface area contributed by atoms with Gasteiger partial charge in [-0.3, -0.25) is 0 Å². The Morgan fingerprint density at radius 2 is 2.12 bits per heavy atom. The first-order chi connectivity index (χ1) is 11.6. The molecule has 1 aromatic heterocycles. The minimum Gasteiger partial charge on any atom is -1.00 e. The molecule has 0 unspecified atom stereocenters. The summed E-state index contributed by atoms with van der Waals surface area (Å²) in [5.41, 5.74) is 4.01. The number of halogens is 1. The molecule has 3 rings (SSSR count). The van der Waals surface area contributed by atoms with Gasteiger partial charge < -0.3 is 27.2 Å². The third-order valence-corrected chi connectivity index (χ3v) is 3.61. The van der Waals surface area contributed by atoms with Gasteiger partial charge in [0.25, 0.3) is 0 Å². The second-order valence-corrected chi connectivity index (χ2v) is 5.44. The molecule has 2 N–H and O–H groups in total. The molecule has 0 saturated heterocycles. The number of benzene rings is 2. The number of H-pyrrole nitrogens is 1. The Balaban J connectivity index is 0.00000225. The van der Waals surface area contributed by atoms with Crippen LogP contribution in [0.2, 0.25) is 0 Å². The summed E-state index contributed by atoms with van der Waals surface area (Å²) in [6.45, 7) is 4.31.